The van der Waals surface area contributed by atoms with Gasteiger partial charge in [0.1, 0.15) is 0 Å². The lowest BCUT2D eigenvalue weighted by Crippen LogP contribution is -2.46. The molecule has 1 aliphatic heterocycles. The van der Waals surface area contributed by atoms with Crippen LogP contribution in [0, 0.1) is 0 Å². The first-order valence-corrected chi connectivity index (χ1v) is 12.7. The van der Waals surface area contributed by atoms with Crippen LogP contribution in [0.15, 0.2) is 76.3 Å². The largest absolute Gasteiger partial charge is 0.351 e. The highest BCUT2D eigenvalue weighted by molar-refractivity contribution is 7.80. The molecule has 0 aliphatic carbocycles. The fourth-order valence-corrected chi connectivity index (χ4v) is 5.26. The van der Waals surface area contributed by atoms with Crippen LogP contribution in [-0.2, 0) is 12.8 Å². The molecule has 0 saturated carbocycles. The standard InChI is InChI=1S/C27H26N4OS2/c1-4-18-8-12-20(13-9-18)24-23(26-29-25(30-32-26)22-7-6-16-34-22)17(3)31(27(33)28-24)21-14-10-19(5-2)11-15-21/h6-16,24H,4-5H2,1-3H3,(H,28,33). The summed E-state index contributed by atoms with van der Waals surface area (Å²) in [7, 11) is 0. The van der Waals surface area contributed by atoms with Crippen molar-refractivity contribution in [3.63, 3.8) is 0 Å². The van der Waals surface area contributed by atoms with Crippen LogP contribution in [0.25, 0.3) is 16.3 Å². The van der Waals surface area contributed by atoms with Gasteiger partial charge in [-0.1, -0.05) is 61.5 Å². The normalized spacial score (nSPS) is 16.1. The number of nitrogens with one attached hydrogen (secondary N) is 1. The van der Waals surface area contributed by atoms with Crippen molar-refractivity contribution < 1.29 is 4.52 Å². The van der Waals surface area contributed by atoms with Gasteiger partial charge in [0, 0.05) is 11.4 Å². The third-order valence-corrected chi connectivity index (χ3v) is 7.37. The van der Waals surface area contributed by atoms with Gasteiger partial charge in [-0.3, -0.25) is 4.90 Å². The van der Waals surface area contributed by atoms with Gasteiger partial charge in [0.15, 0.2) is 5.11 Å². The summed E-state index contributed by atoms with van der Waals surface area (Å²) in [5.74, 6) is 1.09. The fourth-order valence-electron chi connectivity index (χ4n) is 4.25. The van der Waals surface area contributed by atoms with Crippen LogP contribution in [0.2, 0.25) is 0 Å². The quantitative estimate of drug-likeness (QED) is 0.303. The minimum atomic E-state index is -0.193. The molecule has 7 heteroatoms. The van der Waals surface area contributed by atoms with Crippen LogP contribution in [0.3, 0.4) is 0 Å². The second-order valence-electron chi connectivity index (χ2n) is 8.23. The number of nitrogens with zero attached hydrogens (tertiary/aromatic N) is 3. The summed E-state index contributed by atoms with van der Waals surface area (Å²) in [6.07, 6.45) is 1.99. The van der Waals surface area contributed by atoms with Crippen LogP contribution in [0.4, 0.5) is 5.69 Å². The summed E-state index contributed by atoms with van der Waals surface area (Å²) in [6, 6.07) is 20.9. The molecule has 0 fully saturated rings. The van der Waals surface area contributed by atoms with Crippen molar-refractivity contribution in [2.75, 3.05) is 4.90 Å². The van der Waals surface area contributed by atoms with E-state index in [1.807, 2.05) is 17.5 Å². The van der Waals surface area contributed by atoms with Gasteiger partial charge < -0.3 is 9.84 Å². The zero-order valence-corrected chi connectivity index (χ0v) is 21.0. The van der Waals surface area contributed by atoms with E-state index in [0.717, 1.165) is 40.2 Å². The highest BCUT2D eigenvalue weighted by atomic mass is 32.1. The minimum absolute atomic E-state index is 0.193. The molecule has 1 unspecified atom stereocenters. The number of aromatic nitrogens is 2. The molecule has 0 spiro atoms. The molecule has 1 aliphatic rings. The van der Waals surface area contributed by atoms with Crippen LogP contribution in [-0.4, -0.2) is 15.3 Å². The number of aryl methyl sites for hydroxylation is 2. The maximum absolute atomic E-state index is 5.86. The van der Waals surface area contributed by atoms with Gasteiger partial charge in [-0.15, -0.1) is 11.3 Å². The van der Waals surface area contributed by atoms with Crippen molar-refractivity contribution in [3.05, 3.63) is 94.3 Å². The van der Waals surface area contributed by atoms with Crippen LogP contribution in [0.1, 0.15) is 49.4 Å². The Morgan fingerprint density at radius 2 is 1.68 bits per heavy atom. The summed E-state index contributed by atoms with van der Waals surface area (Å²) in [5.41, 5.74) is 6.58. The van der Waals surface area contributed by atoms with E-state index >= 15 is 0 Å². The van der Waals surface area contributed by atoms with E-state index in [1.165, 1.54) is 11.1 Å². The van der Waals surface area contributed by atoms with E-state index in [-0.39, 0.29) is 6.04 Å². The zero-order valence-electron chi connectivity index (χ0n) is 19.4. The first-order chi connectivity index (χ1) is 16.6. The summed E-state index contributed by atoms with van der Waals surface area (Å²) in [4.78, 5) is 7.81. The molecule has 0 bridgehead atoms. The third-order valence-electron chi connectivity index (χ3n) is 6.21. The van der Waals surface area contributed by atoms with Crippen molar-refractivity contribution in [2.45, 2.75) is 39.7 Å². The van der Waals surface area contributed by atoms with E-state index in [1.54, 1.807) is 11.3 Å². The lowest BCUT2D eigenvalue weighted by Gasteiger charge is -2.37. The van der Waals surface area contributed by atoms with Gasteiger partial charge in [0.25, 0.3) is 5.89 Å². The molecule has 1 N–H and O–H groups in total. The highest BCUT2D eigenvalue weighted by Gasteiger charge is 2.34. The highest BCUT2D eigenvalue weighted by Crippen LogP contribution is 2.39. The van der Waals surface area contributed by atoms with Gasteiger partial charge >= 0.3 is 0 Å². The number of hydrogen-bond donors (Lipinski definition) is 1. The van der Waals surface area contributed by atoms with E-state index in [4.69, 9.17) is 21.7 Å². The SMILES string of the molecule is CCc1ccc(C2NC(=S)N(c3ccc(CC)cc3)C(C)=C2c2nc(-c3cccs3)no2)cc1. The summed E-state index contributed by atoms with van der Waals surface area (Å²) in [6.45, 7) is 6.38. The number of benzene rings is 2. The molecule has 2 aromatic carbocycles. The molecule has 0 saturated heterocycles. The lowest BCUT2D eigenvalue weighted by molar-refractivity contribution is 0.404. The first-order valence-electron chi connectivity index (χ1n) is 11.5. The van der Waals surface area contributed by atoms with Gasteiger partial charge in [-0.05, 0) is 72.3 Å². The van der Waals surface area contributed by atoms with E-state index < -0.39 is 0 Å². The Labute approximate surface area is 209 Å². The predicted molar refractivity (Wildman–Crippen MR) is 143 cm³/mol. The van der Waals surface area contributed by atoms with Crippen LogP contribution < -0.4 is 10.2 Å². The number of thiophene rings is 1. The van der Waals surface area contributed by atoms with Crippen molar-refractivity contribution in [2.24, 2.45) is 0 Å². The Kier molecular flexibility index (Phi) is 6.30. The van der Waals surface area contributed by atoms with Gasteiger partial charge in [0.2, 0.25) is 5.82 Å². The van der Waals surface area contributed by atoms with Crippen LogP contribution in [0.5, 0.6) is 0 Å². The number of anilines is 1. The predicted octanol–water partition coefficient (Wildman–Crippen LogP) is 6.79. The monoisotopic (exact) mass is 486 g/mol. The Morgan fingerprint density at radius 1 is 1.00 bits per heavy atom. The van der Waals surface area contributed by atoms with Crippen molar-refractivity contribution in [1.82, 2.24) is 15.5 Å². The molecule has 4 aromatic rings. The molecule has 3 heterocycles. The Hall–Kier alpha value is -3.29. The second kappa shape index (κ2) is 9.52. The van der Waals surface area contributed by atoms with Crippen molar-refractivity contribution in [3.8, 4) is 10.7 Å². The first kappa shape index (κ1) is 22.5. The molecule has 1 atom stereocenters. The van der Waals surface area contributed by atoms with Crippen molar-refractivity contribution >= 4 is 39.9 Å². The molecule has 0 amide bonds. The Morgan fingerprint density at radius 3 is 2.29 bits per heavy atom. The molecular weight excluding hydrogens is 460 g/mol. The number of rotatable bonds is 6. The van der Waals surface area contributed by atoms with Gasteiger partial charge in [0.05, 0.1) is 16.5 Å². The third kappa shape index (κ3) is 4.17. The maximum Gasteiger partial charge on any atom is 0.258 e. The summed E-state index contributed by atoms with van der Waals surface area (Å²) >= 11 is 7.45. The average Bonchev–Trinajstić information content (AvgIpc) is 3.57. The smallest absolute Gasteiger partial charge is 0.258 e. The molecule has 5 rings (SSSR count). The van der Waals surface area contributed by atoms with E-state index in [9.17, 15) is 0 Å². The molecule has 2 aromatic heterocycles. The molecule has 0 radical (unpaired) electrons. The topological polar surface area (TPSA) is 54.2 Å². The maximum atomic E-state index is 5.86. The fraction of sp³-hybridized carbons (Fsp3) is 0.222. The lowest BCUT2D eigenvalue weighted by atomic mass is 9.93. The molecule has 34 heavy (non-hydrogen) atoms. The average molecular weight is 487 g/mol. The molecular formula is C27H26N4OS2. The number of thiocarbonyl (C=S) groups is 1. The second-order valence-corrected chi connectivity index (χ2v) is 9.57. The number of hydrogen-bond acceptors (Lipinski definition) is 5. The number of allylic oxidation sites excluding steroid dienone is 1. The molecule has 5 nitrogen and oxygen atoms in total. The summed E-state index contributed by atoms with van der Waals surface area (Å²) in [5, 5.41) is 10.5. The molecule has 172 valence electrons. The Bertz CT molecular complexity index is 1320. The van der Waals surface area contributed by atoms with Gasteiger partial charge in [-0.2, -0.15) is 4.98 Å². The van der Waals surface area contributed by atoms with E-state index in [0.29, 0.717) is 16.8 Å². The summed E-state index contributed by atoms with van der Waals surface area (Å²) < 4.78 is 5.83. The van der Waals surface area contributed by atoms with E-state index in [2.05, 4.69) is 84.7 Å². The van der Waals surface area contributed by atoms with Crippen LogP contribution >= 0.6 is 23.6 Å². The van der Waals surface area contributed by atoms with Crippen molar-refractivity contribution in [1.29, 1.82) is 0 Å². The minimum Gasteiger partial charge on any atom is -0.351 e. The Balaban J connectivity index is 1.63. The van der Waals surface area contributed by atoms with Gasteiger partial charge in [-0.25, -0.2) is 0 Å². The zero-order chi connectivity index (χ0) is 23.7.